The zero-order chi connectivity index (χ0) is 11.3. The maximum atomic E-state index is 10.9. The van der Waals surface area contributed by atoms with E-state index in [4.69, 9.17) is 0 Å². The minimum atomic E-state index is -0.705. The monoisotopic (exact) mass is 225 g/mol. The average Bonchev–Trinajstić information content (AvgIpc) is 2.17. The van der Waals surface area contributed by atoms with Crippen molar-refractivity contribution in [2.24, 2.45) is 0 Å². The Morgan fingerprint density at radius 2 is 2.20 bits per heavy atom. The normalized spacial score (nSPS) is 14.9. The molecule has 0 aliphatic heterocycles. The molecule has 0 bridgehead atoms. The summed E-state index contributed by atoms with van der Waals surface area (Å²) in [5.41, 5.74) is 2.57. The predicted molar refractivity (Wildman–Crippen MR) is 66.5 cm³/mol. The molecule has 0 aliphatic rings. The van der Waals surface area contributed by atoms with Crippen molar-refractivity contribution in [1.82, 2.24) is 5.32 Å². The molecule has 0 heterocycles. The molecule has 1 aromatic carbocycles. The number of rotatable bonds is 5. The van der Waals surface area contributed by atoms with Crippen LogP contribution in [-0.2, 0) is 10.8 Å². The Bertz CT molecular complexity index is 338. The molecule has 0 spiro atoms. The Kier molecular flexibility index (Phi) is 4.99. The van der Waals surface area contributed by atoms with Crippen molar-refractivity contribution in [3.05, 3.63) is 35.4 Å². The highest BCUT2D eigenvalue weighted by Gasteiger charge is 2.04. The van der Waals surface area contributed by atoms with Crippen molar-refractivity contribution in [2.75, 3.05) is 18.6 Å². The highest BCUT2D eigenvalue weighted by atomic mass is 32.2. The van der Waals surface area contributed by atoms with Crippen LogP contribution in [0.5, 0.6) is 0 Å². The van der Waals surface area contributed by atoms with Gasteiger partial charge in [-0.2, -0.15) is 0 Å². The second kappa shape index (κ2) is 6.03. The lowest BCUT2D eigenvalue weighted by atomic mass is 10.1. The summed E-state index contributed by atoms with van der Waals surface area (Å²) in [5, 5.41) is 3.36. The zero-order valence-corrected chi connectivity index (χ0v) is 10.4. The summed E-state index contributed by atoms with van der Waals surface area (Å²) in [4.78, 5) is 0. The van der Waals surface area contributed by atoms with E-state index < -0.39 is 10.8 Å². The van der Waals surface area contributed by atoms with Crippen LogP contribution in [0.15, 0.2) is 24.3 Å². The average molecular weight is 225 g/mol. The first-order valence-corrected chi connectivity index (χ1v) is 6.92. The molecule has 0 aliphatic carbocycles. The van der Waals surface area contributed by atoms with E-state index in [1.807, 2.05) is 0 Å². The van der Waals surface area contributed by atoms with Gasteiger partial charge in [0, 0.05) is 35.4 Å². The molecule has 0 aromatic heterocycles. The molecule has 0 saturated carbocycles. The van der Waals surface area contributed by atoms with Gasteiger partial charge in [-0.1, -0.05) is 29.8 Å². The lowest BCUT2D eigenvalue weighted by Crippen LogP contribution is -2.23. The molecule has 15 heavy (non-hydrogen) atoms. The summed E-state index contributed by atoms with van der Waals surface area (Å²) in [6.45, 7) is 5.03. The van der Waals surface area contributed by atoms with E-state index in [-0.39, 0.29) is 0 Å². The van der Waals surface area contributed by atoms with Crippen LogP contribution in [0.25, 0.3) is 0 Å². The van der Waals surface area contributed by atoms with E-state index in [0.29, 0.717) is 6.04 Å². The molecule has 84 valence electrons. The van der Waals surface area contributed by atoms with E-state index in [9.17, 15) is 4.21 Å². The summed E-state index contributed by atoms with van der Waals surface area (Å²) >= 11 is 0. The lowest BCUT2D eigenvalue weighted by Gasteiger charge is -2.14. The minimum absolute atomic E-state index is 0.327. The summed E-state index contributed by atoms with van der Waals surface area (Å²) in [5.74, 6) is 0.718. The molecule has 1 N–H and O–H groups in total. The van der Waals surface area contributed by atoms with Gasteiger partial charge in [-0.05, 0) is 19.4 Å². The maximum absolute atomic E-state index is 10.9. The van der Waals surface area contributed by atoms with Gasteiger partial charge in [0.1, 0.15) is 0 Å². The number of nitrogens with one attached hydrogen (secondary N) is 1. The molecule has 0 radical (unpaired) electrons. The van der Waals surface area contributed by atoms with Gasteiger partial charge in [0.15, 0.2) is 0 Å². The third-order valence-corrected chi connectivity index (χ3v) is 3.16. The molecule has 1 rings (SSSR count). The Balaban J connectivity index is 2.46. The van der Waals surface area contributed by atoms with Crippen molar-refractivity contribution in [1.29, 1.82) is 0 Å². The molecule has 0 saturated heterocycles. The molecular formula is C12H19NOS. The molecule has 2 nitrogen and oxygen atoms in total. The number of aryl methyl sites for hydroxylation is 1. The smallest absolute Gasteiger partial charge is 0.0357 e. The quantitative estimate of drug-likeness (QED) is 0.830. The van der Waals surface area contributed by atoms with Crippen molar-refractivity contribution in [2.45, 2.75) is 19.9 Å². The Morgan fingerprint density at radius 3 is 2.80 bits per heavy atom. The SMILES string of the molecule is Cc1cccc(C(C)NCCS(C)=O)c1. The van der Waals surface area contributed by atoms with Gasteiger partial charge < -0.3 is 5.32 Å². The van der Waals surface area contributed by atoms with E-state index in [1.54, 1.807) is 6.26 Å². The van der Waals surface area contributed by atoms with Gasteiger partial charge in [0.05, 0.1) is 0 Å². The minimum Gasteiger partial charge on any atom is -0.309 e. The fraction of sp³-hybridized carbons (Fsp3) is 0.500. The second-order valence-electron chi connectivity index (χ2n) is 3.87. The van der Waals surface area contributed by atoms with E-state index in [2.05, 4.69) is 43.4 Å². The van der Waals surface area contributed by atoms with Gasteiger partial charge in [-0.3, -0.25) is 4.21 Å². The highest BCUT2D eigenvalue weighted by molar-refractivity contribution is 7.84. The molecule has 3 heteroatoms. The van der Waals surface area contributed by atoms with Crippen LogP contribution in [0.1, 0.15) is 24.1 Å². The second-order valence-corrected chi connectivity index (χ2v) is 5.42. The summed E-state index contributed by atoms with van der Waals surface area (Å²) in [7, 11) is -0.705. The number of hydrogen-bond donors (Lipinski definition) is 1. The fourth-order valence-corrected chi connectivity index (χ4v) is 1.88. The van der Waals surface area contributed by atoms with Crippen LogP contribution in [0.3, 0.4) is 0 Å². The maximum Gasteiger partial charge on any atom is 0.0357 e. The Labute approximate surface area is 94.5 Å². The summed E-state index contributed by atoms with van der Waals surface area (Å²) in [6, 6.07) is 8.79. The summed E-state index contributed by atoms with van der Waals surface area (Å²) < 4.78 is 10.9. The van der Waals surface area contributed by atoms with Crippen molar-refractivity contribution >= 4 is 10.8 Å². The standard InChI is InChI=1S/C12H19NOS/c1-10-5-4-6-12(9-10)11(2)13-7-8-15(3)14/h4-6,9,11,13H,7-8H2,1-3H3. The molecule has 2 unspecified atom stereocenters. The highest BCUT2D eigenvalue weighted by Crippen LogP contribution is 2.13. The van der Waals surface area contributed by atoms with Gasteiger partial charge in [0.2, 0.25) is 0 Å². The van der Waals surface area contributed by atoms with Crippen molar-refractivity contribution in [3.63, 3.8) is 0 Å². The molecule has 1 aromatic rings. The van der Waals surface area contributed by atoms with Crippen molar-refractivity contribution in [3.8, 4) is 0 Å². The number of hydrogen-bond acceptors (Lipinski definition) is 2. The predicted octanol–water partition coefficient (Wildman–Crippen LogP) is 2.02. The van der Waals surface area contributed by atoms with Gasteiger partial charge in [-0.15, -0.1) is 0 Å². The lowest BCUT2D eigenvalue weighted by molar-refractivity contribution is 0.597. The van der Waals surface area contributed by atoms with Gasteiger partial charge in [0.25, 0.3) is 0 Å². The van der Waals surface area contributed by atoms with Crippen LogP contribution in [0.2, 0.25) is 0 Å². The van der Waals surface area contributed by atoms with E-state index in [0.717, 1.165) is 12.3 Å². The third kappa shape index (κ3) is 4.58. The van der Waals surface area contributed by atoms with Crippen LogP contribution in [0, 0.1) is 6.92 Å². The topological polar surface area (TPSA) is 29.1 Å². The van der Waals surface area contributed by atoms with E-state index >= 15 is 0 Å². The zero-order valence-electron chi connectivity index (χ0n) is 9.62. The molecular weight excluding hydrogens is 206 g/mol. The molecule has 0 amide bonds. The van der Waals surface area contributed by atoms with E-state index in [1.165, 1.54) is 11.1 Å². The van der Waals surface area contributed by atoms with Crippen molar-refractivity contribution < 1.29 is 4.21 Å². The van der Waals surface area contributed by atoms with Crippen LogP contribution in [0.4, 0.5) is 0 Å². The summed E-state index contributed by atoms with van der Waals surface area (Å²) in [6.07, 6.45) is 1.74. The number of benzene rings is 1. The first-order chi connectivity index (χ1) is 7.09. The first-order valence-electron chi connectivity index (χ1n) is 5.19. The van der Waals surface area contributed by atoms with Crippen LogP contribution >= 0.6 is 0 Å². The third-order valence-electron chi connectivity index (χ3n) is 2.38. The fourth-order valence-electron chi connectivity index (χ4n) is 1.48. The Hall–Kier alpha value is -0.670. The molecule has 0 fully saturated rings. The van der Waals surface area contributed by atoms with Gasteiger partial charge >= 0.3 is 0 Å². The largest absolute Gasteiger partial charge is 0.309 e. The Morgan fingerprint density at radius 1 is 1.47 bits per heavy atom. The molecule has 2 atom stereocenters. The first kappa shape index (κ1) is 12.4. The van der Waals surface area contributed by atoms with Gasteiger partial charge in [-0.25, -0.2) is 0 Å². The van der Waals surface area contributed by atoms with Crippen LogP contribution in [-0.4, -0.2) is 22.8 Å². The van der Waals surface area contributed by atoms with Crippen LogP contribution < -0.4 is 5.32 Å².